The van der Waals surface area contributed by atoms with Crippen LogP contribution in [0.4, 0.5) is 26.3 Å². The Morgan fingerprint density at radius 1 is 0.667 bits per heavy atom. The van der Waals surface area contributed by atoms with Gasteiger partial charge in [0.2, 0.25) is 0 Å². The first-order valence-corrected chi connectivity index (χ1v) is 15.3. The molecule has 2 aromatic rings. The molecule has 0 aliphatic heterocycles. The van der Waals surface area contributed by atoms with E-state index in [4.69, 9.17) is 18.9 Å². The van der Waals surface area contributed by atoms with Gasteiger partial charge in [-0.1, -0.05) is 31.9 Å². The van der Waals surface area contributed by atoms with Gasteiger partial charge < -0.3 is 28.7 Å². The fourth-order valence-corrected chi connectivity index (χ4v) is 5.30. The predicted molar refractivity (Wildman–Crippen MR) is 164 cm³/mol. The monoisotopic (exact) mass is 692 g/mol. The van der Waals surface area contributed by atoms with Crippen LogP contribution in [-0.4, -0.2) is 94.6 Å². The molecule has 2 rings (SSSR count). The number of carbonyl (C=O) groups excluding carboxylic acids is 3. The molecular formula is C33H42F6N2O7. The Kier molecular flexibility index (Phi) is 15.3. The van der Waals surface area contributed by atoms with E-state index >= 15 is 0 Å². The van der Waals surface area contributed by atoms with Crippen LogP contribution < -0.4 is 14.2 Å². The SMILES string of the molecule is CCc1c(CCN(CCCCCCN(CCc2ccc(OC)c(C(=O)OC)c2)C(=O)C(F)(F)F)C(=O)C(F)(F)F)ccc(OC)c1OC. The largest absolute Gasteiger partial charge is 0.496 e. The molecule has 268 valence electrons. The third kappa shape index (κ3) is 11.2. The molecule has 9 nitrogen and oxygen atoms in total. The number of esters is 1. The highest BCUT2D eigenvalue weighted by Crippen LogP contribution is 2.34. The highest BCUT2D eigenvalue weighted by atomic mass is 19.4. The minimum atomic E-state index is -5.11. The third-order valence-electron chi connectivity index (χ3n) is 7.76. The molecule has 0 saturated heterocycles. The fraction of sp³-hybridized carbons (Fsp3) is 0.545. The Labute approximate surface area is 276 Å². The van der Waals surface area contributed by atoms with Crippen LogP contribution in [0.1, 0.15) is 59.7 Å². The molecule has 15 heteroatoms. The summed E-state index contributed by atoms with van der Waals surface area (Å²) in [5, 5.41) is 0. The first-order valence-electron chi connectivity index (χ1n) is 15.3. The van der Waals surface area contributed by atoms with E-state index in [1.165, 1.54) is 40.6 Å². The van der Waals surface area contributed by atoms with Crippen LogP contribution >= 0.6 is 0 Å². The number of benzene rings is 2. The smallest absolute Gasteiger partial charge is 0.471 e. The van der Waals surface area contributed by atoms with Crippen molar-refractivity contribution in [3.05, 3.63) is 52.6 Å². The number of methoxy groups -OCH3 is 4. The van der Waals surface area contributed by atoms with Crippen LogP contribution in [0.5, 0.6) is 17.2 Å². The molecule has 0 aliphatic rings. The summed E-state index contributed by atoms with van der Waals surface area (Å²) < 4.78 is 101. The number of unbranched alkanes of at least 4 members (excludes halogenated alkanes) is 3. The molecule has 0 fully saturated rings. The van der Waals surface area contributed by atoms with Gasteiger partial charge in [-0.2, -0.15) is 26.3 Å². The highest BCUT2D eigenvalue weighted by Gasteiger charge is 2.43. The predicted octanol–water partition coefficient (Wildman–Crippen LogP) is 6.19. The second-order valence-corrected chi connectivity index (χ2v) is 10.8. The number of carbonyl (C=O) groups is 3. The van der Waals surface area contributed by atoms with E-state index in [9.17, 15) is 40.7 Å². The maximum Gasteiger partial charge on any atom is 0.471 e. The summed E-state index contributed by atoms with van der Waals surface area (Å²) in [7, 11) is 5.45. The standard InChI is InChI=1S/C33H42F6N2O7/c1-6-24-23(12-14-27(46-3)28(24)47-4)16-20-41(31(44)33(37,38)39)18-10-8-7-9-17-40(30(43)32(34,35)36)19-15-22-11-13-26(45-2)25(21-22)29(42)48-5/h11-14,21H,6-10,15-20H2,1-5H3. The van der Waals surface area contributed by atoms with E-state index in [0.717, 1.165) is 10.5 Å². The zero-order chi connectivity index (χ0) is 36.1. The first-order chi connectivity index (χ1) is 22.6. The van der Waals surface area contributed by atoms with Gasteiger partial charge in [0, 0.05) is 31.7 Å². The van der Waals surface area contributed by atoms with Gasteiger partial charge in [-0.05, 0) is 61.4 Å². The lowest BCUT2D eigenvalue weighted by molar-refractivity contribution is -0.185. The normalized spacial score (nSPS) is 11.6. The van der Waals surface area contributed by atoms with E-state index < -0.39 is 30.1 Å². The number of alkyl halides is 6. The zero-order valence-electron chi connectivity index (χ0n) is 27.7. The lowest BCUT2D eigenvalue weighted by atomic mass is 10.00. The van der Waals surface area contributed by atoms with Crippen LogP contribution in [0.3, 0.4) is 0 Å². The molecule has 0 aliphatic carbocycles. The van der Waals surface area contributed by atoms with Crippen LogP contribution in [0.2, 0.25) is 0 Å². The average molecular weight is 693 g/mol. The molecular weight excluding hydrogens is 650 g/mol. The van der Waals surface area contributed by atoms with Crippen LogP contribution in [0.25, 0.3) is 0 Å². The highest BCUT2D eigenvalue weighted by molar-refractivity contribution is 5.92. The molecule has 0 radical (unpaired) electrons. The van der Waals surface area contributed by atoms with E-state index in [2.05, 4.69) is 0 Å². The van der Waals surface area contributed by atoms with Crippen molar-refractivity contribution in [3.63, 3.8) is 0 Å². The van der Waals surface area contributed by atoms with Gasteiger partial charge in [0.25, 0.3) is 0 Å². The number of nitrogens with zero attached hydrogens (tertiary/aromatic N) is 2. The number of ether oxygens (including phenoxy) is 4. The molecule has 2 amide bonds. The lowest BCUT2D eigenvalue weighted by Gasteiger charge is -2.25. The van der Waals surface area contributed by atoms with Gasteiger partial charge in [-0.15, -0.1) is 0 Å². The molecule has 0 saturated carbocycles. The molecule has 0 N–H and O–H groups in total. The first kappa shape index (κ1) is 40.0. The van der Waals surface area contributed by atoms with Crippen molar-refractivity contribution in [2.24, 2.45) is 0 Å². The Balaban J connectivity index is 2.02. The maximum atomic E-state index is 13.4. The second-order valence-electron chi connectivity index (χ2n) is 10.8. The van der Waals surface area contributed by atoms with Gasteiger partial charge in [0.1, 0.15) is 11.3 Å². The van der Waals surface area contributed by atoms with Crippen LogP contribution in [0, 0.1) is 0 Å². The van der Waals surface area contributed by atoms with Gasteiger partial charge in [-0.25, -0.2) is 4.79 Å². The van der Waals surface area contributed by atoms with E-state index in [-0.39, 0.29) is 63.2 Å². The summed E-state index contributed by atoms with van der Waals surface area (Å²) in [5.41, 5.74) is 2.02. The third-order valence-corrected chi connectivity index (χ3v) is 7.76. The number of rotatable bonds is 18. The number of amides is 2. The Morgan fingerprint density at radius 2 is 1.19 bits per heavy atom. The van der Waals surface area contributed by atoms with Gasteiger partial charge in [0.15, 0.2) is 11.5 Å². The van der Waals surface area contributed by atoms with Crippen molar-refractivity contribution in [1.82, 2.24) is 9.80 Å². The summed E-state index contributed by atoms with van der Waals surface area (Å²) in [6.07, 6.45) is -8.59. The van der Waals surface area contributed by atoms with Crippen molar-refractivity contribution in [2.75, 3.05) is 54.6 Å². The van der Waals surface area contributed by atoms with Crippen LogP contribution in [-0.2, 0) is 33.6 Å². The molecule has 2 aromatic carbocycles. The molecule has 0 unspecified atom stereocenters. The van der Waals surface area contributed by atoms with E-state index in [0.29, 0.717) is 46.8 Å². The van der Waals surface area contributed by atoms with Crippen LogP contribution in [0.15, 0.2) is 30.3 Å². The molecule has 0 heterocycles. The van der Waals surface area contributed by atoms with Crippen molar-refractivity contribution < 1.29 is 59.7 Å². The molecule has 0 aromatic heterocycles. The summed E-state index contributed by atoms with van der Waals surface area (Å²) in [6.45, 7) is 0.899. The lowest BCUT2D eigenvalue weighted by Crippen LogP contribution is -2.43. The zero-order valence-corrected chi connectivity index (χ0v) is 27.7. The molecule has 0 spiro atoms. The van der Waals surface area contributed by atoms with Crippen molar-refractivity contribution in [1.29, 1.82) is 0 Å². The van der Waals surface area contributed by atoms with Crippen molar-refractivity contribution >= 4 is 17.8 Å². The summed E-state index contributed by atoms with van der Waals surface area (Å²) >= 11 is 0. The summed E-state index contributed by atoms with van der Waals surface area (Å²) in [6, 6.07) is 7.82. The van der Waals surface area contributed by atoms with Gasteiger partial charge >= 0.3 is 30.1 Å². The van der Waals surface area contributed by atoms with Crippen molar-refractivity contribution in [2.45, 2.75) is 64.2 Å². The fourth-order valence-electron chi connectivity index (χ4n) is 5.30. The summed E-state index contributed by atoms with van der Waals surface area (Å²) in [4.78, 5) is 37.8. The molecule has 0 atom stereocenters. The van der Waals surface area contributed by atoms with Gasteiger partial charge in [-0.3, -0.25) is 9.59 Å². The number of hydrogen-bond acceptors (Lipinski definition) is 7. The minimum Gasteiger partial charge on any atom is -0.496 e. The minimum absolute atomic E-state index is 0.00411. The average Bonchev–Trinajstić information content (AvgIpc) is 3.06. The topological polar surface area (TPSA) is 94.6 Å². The quantitative estimate of drug-likeness (QED) is 0.105. The Hall–Kier alpha value is -4.17. The van der Waals surface area contributed by atoms with Gasteiger partial charge in [0.05, 0.1) is 28.4 Å². The maximum absolute atomic E-state index is 13.4. The second kappa shape index (κ2) is 18.4. The molecule has 48 heavy (non-hydrogen) atoms. The Bertz CT molecular complexity index is 1380. The number of halogens is 6. The van der Waals surface area contributed by atoms with Crippen molar-refractivity contribution in [3.8, 4) is 17.2 Å². The number of hydrogen-bond donors (Lipinski definition) is 0. The van der Waals surface area contributed by atoms with E-state index in [1.807, 2.05) is 6.92 Å². The Morgan fingerprint density at radius 3 is 1.65 bits per heavy atom. The molecule has 0 bridgehead atoms. The summed E-state index contributed by atoms with van der Waals surface area (Å²) in [5.74, 6) is -3.52. The van der Waals surface area contributed by atoms with E-state index in [1.54, 1.807) is 18.2 Å².